The van der Waals surface area contributed by atoms with E-state index in [9.17, 15) is 15.3 Å². The average Bonchev–Trinajstić information content (AvgIpc) is 3.48. The number of azo groups is 1. The van der Waals surface area contributed by atoms with Crippen molar-refractivity contribution in [2.75, 3.05) is 90.7 Å². The number of carbonyl (C=O) groups is 1. The molecule has 1 aliphatic carbocycles. The molecule has 3 rings (SSSR count). The molecule has 0 spiro atoms. The Morgan fingerprint density at radius 1 is 0.889 bits per heavy atom. The number of hydrogen-bond acceptors (Lipinski definition) is 14. The largest absolute Gasteiger partial charge is 0.463 e. The molecule has 0 radical (unpaired) electrons. The third kappa shape index (κ3) is 15.7. The van der Waals surface area contributed by atoms with Gasteiger partial charge in [0, 0.05) is 18.8 Å². The zero-order valence-electron chi connectivity index (χ0n) is 33.0. The predicted octanol–water partition coefficient (Wildman–Crippen LogP) is 7.60. The normalized spacial score (nSPS) is 16.4. The topological polar surface area (TPSA) is 157 Å². The fourth-order valence-electron chi connectivity index (χ4n) is 5.98. The van der Waals surface area contributed by atoms with Crippen molar-refractivity contribution >= 4 is 33.7 Å². The number of carbonyl (C=O) groups excluding carboxylic acids is 1. The number of anilines is 1. The van der Waals surface area contributed by atoms with Gasteiger partial charge in [0.05, 0.1) is 95.4 Å². The average molecular weight is 770 g/mol. The van der Waals surface area contributed by atoms with Gasteiger partial charge in [-0.3, -0.25) is 4.79 Å². The van der Waals surface area contributed by atoms with Crippen LogP contribution in [0, 0.1) is 48.3 Å². The van der Waals surface area contributed by atoms with E-state index in [2.05, 4.69) is 47.2 Å². The second-order valence-corrected chi connectivity index (χ2v) is 14.5. The summed E-state index contributed by atoms with van der Waals surface area (Å²) < 4.78 is 39.9. The molecule has 3 atom stereocenters. The monoisotopic (exact) mass is 769 g/mol. The molecule has 0 bridgehead atoms. The van der Waals surface area contributed by atoms with Crippen LogP contribution in [-0.2, 0) is 38.0 Å². The third-order valence-electron chi connectivity index (χ3n) is 9.14. The summed E-state index contributed by atoms with van der Waals surface area (Å²) in [6, 6.07) is 10.2. The number of ether oxygens (including phenoxy) is 7. The molecule has 3 unspecified atom stereocenters. The number of likely N-dealkylation sites (N-methyl/N-ethyl adjacent to an activating group) is 1. The summed E-state index contributed by atoms with van der Waals surface area (Å²) in [6.45, 7) is 18.0. The van der Waals surface area contributed by atoms with Crippen LogP contribution in [0.25, 0.3) is 0 Å². The number of nitrogens with zero attached hydrogens (tertiary/aromatic N) is 5. The van der Waals surface area contributed by atoms with Crippen molar-refractivity contribution in [2.24, 2.45) is 22.1 Å². The Morgan fingerprint density at radius 3 is 2.09 bits per heavy atom. The van der Waals surface area contributed by atoms with Gasteiger partial charge in [-0.2, -0.15) is 10.5 Å². The van der Waals surface area contributed by atoms with Crippen molar-refractivity contribution in [3.8, 4) is 12.1 Å². The van der Waals surface area contributed by atoms with Crippen molar-refractivity contribution in [1.82, 2.24) is 0 Å². The molecule has 1 heterocycles. The Labute approximate surface area is 325 Å². The van der Waals surface area contributed by atoms with E-state index in [-0.39, 0.29) is 30.7 Å². The van der Waals surface area contributed by atoms with E-state index in [0.29, 0.717) is 105 Å². The van der Waals surface area contributed by atoms with E-state index in [1.807, 2.05) is 32.9 Å². The highest BCUT2D eigenvalue weighted by Crippen LogP contribution is 2.36. The Morgan fingerprint density at radius 2 is 1.52 bits per heavy atom. The van der Waals surface area contributed by atoms with Gasteiger partial charge in [-0.05, 0) is 82.7 Å². The number of rotatable bonds is 26. The van der Waals surface area contributed by atoms with E-state index in [0.717, 1.165) is 37.1 Å². The highest BCUT2D eigenvalue weighted by molar-refractivity contribution is 7.16. The van der Waals surface area contributed by atoms with E-state index in [1.54, 1.807) is 6.92 Å². The van der Waals surface area contributed by atoms with Crippen molar-refractivity contribution in [3.05, 3.63) is 39.8 Å². The fourth-order valence-corrected chi connectivity index (χ4v) is 6.86. The molecule has 0 saturated heterocycles. The van der Waals surface area contributed by atoms with Crippen molar-refractivity contribution < 1.29 is 38.0 Å². The number of esters is 1. The maximum absolute atomic E-state index is 12.2. The molecule has 14 heteroatoms. The number of hydrogen-bond donors (Lipinski definition) is 0. The van der Waals surface area contributed by atoms with Crippen molar-refractivity contribution in [3.63, 3.8) is 0 Å². The maximum Gasteiger partial charge on any atom is 0.309 e. The van der Waals surface area contributed by atoms with Gasteiger partial charge in [-0.25, -0.2) is 0 Å². The molecule has 0 N–H and O–H groups in total. The number of nitriles is 2. The van der Waals surface area contributed by atoms with Crippen LogP contribution in [0.15, 0.2) is 28.4 Å². The summed E-state index contributed by atoms with van der Waals surface area (Å²) in [4.78, 5) is 14.9. The molecule has 13 nitrogen and oxygen atoms in total. The molecule has 1 aromatic carbocycles. The Bertz CT molecular complexity index is 1520. The smallest absolute Gasteiger partial charge is 0.309 e. The highest BCUT2D eigenvalue weighted by atomic mass is 32.1. The van der Waals surface area contributed by atoms with Gasteiger partial charge in [0.1, 0.15) is 23.6 Å². The van der Waals surface area contributed by atoms with Crippen LogP contribution >= 0.6 is 11.3 Å². The van der Waals surface area contributed by atoms with Crippen molar-refractivity contribution in [1.29, 1.82) is 10.5 Å². The molecular weight excluding hydrogens is 711 g/mol. The van der Waals surface area contributed by atoms with Crippen LogP contribution in [0.4, 0.5) is 16.4 Å². The fraction of sp³-hybridized carbons (Fsp3) is 0.675. The molecule has 54 heavy (non-hydrogen) atoms. The zero-order valence-corrected chi connectivity index (χ0v) is 33.8. The lowest BCUT2D eigenvalue weighted by atomic mass is 9.80. The van der Waals surface area contributed by atoms with Crippen LogP contribution in [0.3, 0.4) is 0 Å². The second kappa shape index (κ2) is 25.6. The summed E-state index contributed by atoms with van der Waals surface area (Å²) in [5.41, 5.74) is 3.67. The van der Waals surface area contributed by atoms with Crippen LogP contribution < -0.4 is 4.90 Å². The summed E-state index contributed by atoms with van der Waals surface area (Å²) in [5.74, 6) is 0.342. The summed E-state index contributed by atoms with van der Waals surface area (Å²) in [7, 11) is 0. The molecule has 0 aliphatic heterocycles. The summed E-state index contributed by atoms with van der Waals surface area (Å²) in [6.07, 6.45) is 4.24. The minimum atomic E-state index is -0.172. The Balaban J connectivity index is 1.29. The molecule has 1 aliphatic rings. The lowest BCUT2D eigenvalue weighted by Crippen LogP contribution is -2.38. The Kier molecular flexibility index (Phi) is 21.3. The highest BCUT2D eigenvalue weighted by Gasteiger charge is 2.28. The molecule has 2 aromatic rings. The molecule has 0 amide bonds. The SMILES string of the molecule is CCN(CC(COC(C)C)OCCOCCOCCOCCOCCOC(=O)C1CCCCC1C)c1ccc(N=Nc2sc(C#N)c(C)c2C#N)c(C)c1. The quantitative estimate of drug-likeness (QED) is 0.0527. The van der Waals surface area contributed by atoms with Gasteiger partial charge >= 0.3 is 5.97 Å². The molecule has 1 saturated carbocycles. The minimum absolute atomic E-state index is 0.0315. The number of thiophene rings is 1. The van der Waals surface area contributed by atoms with Crippen LogP contribution in [0.1, 0.15) is 74.9 Å². The maximum atomic E-state index is 12.2. The van der Waals surface area contributed by atoms with Crippen molar-refractivity contribution in [2.45, 2.75) is 79.4 Å². The third-order valence-corrected chi connectivity index (χ3v) is 10.2. The zero-order chi connectivity index (χ0) is 39.1. The van der Waals surface area contributed by atoms with Gasteiger partial charge in [-0.1, -0.05) is 19.8 Å². The van der Waals surface area contributed by atoms with E-state index < -0.39 is 0 Å². The summed E-state index contributed by atoms with van der Waals surface area (Å²) in [5, 5.41) is 28.0. The van der Waals surface area contributed by atoms with Crippen LogP contribution in [-0.4, -0.2) is 104 Å². The van der Waals surface area contributed by atoms with Gasteiger partial charge in [0.2, 0.25) is 0 Å². The first-order valence-corrected chi connectivity index (χ1v) is 19.9. The molecule has 298 valence electrons. The van der Waals surface area contributed by atoms with E-state index in [1.165, 1.54) is 17.8 Å². The van der Waals surface area contributed by atoms with E-state index >= 15 is 0 Å². The first-order valence-electron chi connectivity index (χ1n) is 19.1. The second-order valence-electron chi connectivity index (χ2n) is 13.5. The van der Waals surface area contributed by atoms with Crippen LogP contribution in [0.2, 0.25) is 0 Å². The first-order chi connectivity index (χ1) is 26.2. The van der Waals surface area contributed by atoms with E-state index in [4.69, 9.17) is 33.2 Å². The van der Waals surface area contributed by atoms with Gasteiger partial charge in [0.15, 0.2) is 5.00 Å². The number of aryl methyl sites for hydroxylation is 1. The number of benzene rings is 1. The molecule has 1 aromatic heterocycles. The summed E-state index contributed by atoms with van der Waals surface area (Å²) >= 11 is 1.17. The van der Waals surface area contributed by atoms with Gasteiger partial charge in [0.25, 0.3) is 0 Å². The van der Waals surface area contributed by atoms with Gasteiger partial charge in [-0.15, -0.1) is 21.6 Å². The standard InChI is InChI=1S/C40H59N5O8S/c1-7-45(33-12-13-37(31(5)24-33)43-44-39-36(25-41)32(6)38(26-42)54-39)27-34(28-53-29(2)3)51-22-20-49-18-16-47-14-15-48-17-19-50-21-23-52-40(46)35-11-9-8-10-30(35)4/h12-13,24,29-30,34-35H,7-11,14-23,27-28H2,1-6H3. The van der Waals surface area contributed by atoms with Crippen LogP contribution in [0.5, 0.6) is 0 Å². The molecular formula is C40H59N5O8S. The van der Waals surface area contributed by atoms with Gasteiger partial charge < -0.3 is 38.1 Å². The minimum Gasteiger partial charge on any atom is -0.463 e. The Hall–Kier alpha value is -3.47. The first kappa shape index (κ1) is 44.9. The lowest BCUT2D eigenvalue weighted by molar-refractivity contribution is -0.153. The molecule has 1 fully saturated rings. The predicted molar refractivity (Wildman–Crippen MR) is 208 cm³/mol. The lowest BCUT2D eigenvalue weighted by Gasteiger charge is -2.29.